The van der Waals surface area contributed by atoms with E-state index in [0.29, 0.717) is 17.2 Å². The summed E-state index contributed by atoms with van der Waals surface area (Å²) in [6.07, 6.45) is 4.37. The first-order valence-electron chi connectivity index (χ1n) is 8.92. The van der Waals surface area contributed by atoms with Crippen LogP contribution in [0.2, 0.25) is 0 Å². The van der Waals surface area contributed by atoms with Gasteiger partial charge in [-0.1, -0.05) is 6.07 Å². The SMILES string of the molecule is COc1ccc(-c2nccc3cc(S(=O)(=O)Nc4ccncn4)ccc23)c(OC)c1. The Bertz CT molecular complexity index is 1310. The van der Waals surface area contributed by atoms with Crippen molar-refractivity contribution in [1.29, 1.82) is 0 Å². The molecule has 2 aromatic carbocycles. The summed E-state index contributed by atoms with van der Waals surface area (Å²) in [5.41, 5.74) is 1.46. The predicted molar refractivity (Wildman–Crippen MR) is 113 cm³/mol. The van der Waals surface area contributed by atoms with Gasteiger partial charge in [-0.25, -0.2) is 18.4 Å². The summed E-state index contributed by atoms with van der Waals surface area (Å²) in [5, 5.41) is 1.52. The molecule has 0 unspecified atom stereocenters. The number of aromatic nitrogens is 3. The third kappa shape index (κ3) is 3.74. The average Bonchev–Trinajstić information content (AvgIpc) is 2.78. The van der Waals surface area contributed by atoms with Crippen molar-refractivity contribution in [3.63, 3.8) is 0 Å². The van der Waals surface area contributed by atoms with Gasteiger partial charge in [0.2, 0.25) is 0 Å². The van der Waals surface area contributed by atoms with Crippen LogP contribution in [-0.2, 0) is 10.0 Å². The van der Waals surface area contributed by atoms with Gasteiger partial charge in [-0.15, -0.1) is 0 Å². The molecule has 30 heavy (non-hydrogen) atoms. The van der Waals surface area contributed by atoms with E-state index in [-0.39, 0.29) is 10.7 Å². The van der Waals surface area contributed by atoms with Gasteiger partial charge in [0.1, 0.15) is 23.6 Å². The predicted octanol–water partition coefficient (Wildman–Crippen LogP) is 3.51. The van der Waals surface area contributed by atoms with E-state index in [1.807, 2.05) is 12.1 Å². The van der Waals surface area contributed by atoms with E-state index in [4.69, 9.17) is 9.47 Å². The average molecular weight is 422 g/mol. The minimum atomic E-state index is -3.81. The van der Waals surface area contributed by atoms with E-state index >= 15 is 0 Å². The van der Waals surface area contributed by atoms with Crippen LogP contribution in [0, 0.1) is 0 Å². The highest BCUT2D eigenvalue weighted by Gasteiger charge is 2.17. The number of benzene rings is 2. The van der Waals surface area contributed by atoms with Crippen molar-refractivity contribution < 1.29 is 17.9 Å². The molecule has 1 N–H and O–H groups in total. The highest BCUT2D eigenvalue weighted by molar-refractivity contribution is 7.92. The maximum atomic E-state index is 12.8. The summed E-state index contributed by atoms with van der Waals surface area (Å²) in [5.74, 6) is 1.47. The summed E-state index contributed by atoms with van der Waals surface area (Å²) in [6.45, 7) is 0. The van der Waals surface area contributed by atoms with Crippen LogP contribution in [0.25, 0.3) is 22.0 Å². The van der Waals surface area contributed by atoms with Crippen molar-refractivity contribution in [2.24, 2.45) is 0 Å². The lowest BCUT2D eigenvalue weighted by atomic mass is 10.0. The molecular weight excluding hydrogens is 404 g/mol. The summed E-state index contributed by atoms with van der Waals surface area (Å²) in [7, 11) is -0.644. The Hall–Kier alpha value is -3.72. The molecule has 2 aromatic heterocycles. The molecule has 0 atom stereocenters. The summed E-state index contributed by atoms with van der Waals surface area (Å²) in [4.78, 5) is 12.3. The summed E-state index contributed by atoms with van der Waals surface area (Å²) >= 11 is 0. The second kappa shape index (κ2) is 7.96. The molecule has 0 spiro atoms. The van der Waals surface area contributed by atoms with Gasteiger partial charge >= 0.3 is 0 Å². The molecular formula is C21H18N4O4S. The van der Waals surface area contributed by atoms with E-state index in [1.165, 1.54) is 24.7 Å². The Labute approximate surface area is 173 Å². The van der Waals surface area contributed by atoms with Gasteiger partial charge in [-0.05, 0) is 41.8 Å². The quantitative estimate of drug-likeness (QED) is 0.507. The zero-order chi connectivity index (χ0) is 21.1. The van der Waals surface area contributed by atoms with E-state index in [0.717, 1.165) is 16.3 Å². The van der Waals surface area contributed by atoms with Crippen LogP contribution >= 0.6 is 0 Å². The fourth-order valence-corrected chi connectivity index (χ4v) is 4.12. The zero-order valence-corrected chi connectivity index (χ0v) is 17.1. The number of hydrogen-bond acceptors (Lipinski definition) is 7. The Morgan fingerprint density at radius 1 is 0.900 bits per heavy atom. The number of methoxy groups -OCH3 is 2. The minimum Gasteiger partial charge on any atom is -0.497 e. The topological polar surface area (TPSA) is 103 Å². The molecule has 0 aliphatic heterocycles. The highest BCUT2D eigenvalue weighted by atomic mass is 32.2. The Kier molecular flexibility index (Phi) is 5.20. The zero-order valence-electron chi connectivity index (χ0n) is 16.2. The van der Waals surface area contributed by atoms with Crippen LogP contribution in [0.5, 0.6) is 11.5 Å². The molecule has 4 aromatic rings. The van der Waals surface area contributed by atoms with Crippen LogP contribution in [0.4, 0.5) is 5.82 Å². The molecule has 0 saturated carbocycles. The van der Waals surface area contributed by atoms with Crippen molar-refractivity contribution in [3.8, 4) is 22.8 Å². The van der Waals surface area contributed by atoms with Crippen LogP contribution in [0.1, 0.15) is 0 Å². The number of anilines is 1. The molecule has 152 valence electrons. The monoisotopic (exact) mass is 422 g/mol. The molecule has 0 aliphatic carbocycles. The number of pyridine rings is 1. The van der Waals surface area contributed by atoms with Crippen LogP contribution in [0.15, 0.2) is 72.1 Å². The number of nitrogens with one attached hydrogen (secondary N) is 1. The molecule has 0 amide bonds. The van der Waals surface area contributed by atoms with Crippen molar-refractivity contribution in [2.75, 3.05) is 18.9 Å². The molecule has 0 radical (unpaired) electrons. The van der Waals surface area contributed by atoms with Crippen molar-refractivity contribution in [2.45, 2.75) is 4.90 Å². The molecule has 8 nitrogen and oxygen atoms in total. The van der Waals surface area contributed by atoms with Crippen molar-refractivity contribution >= 4 is 26.6 Å². The Morgan fingerprint density at radius 3 is 2.50 bits per heavy atom. The third-order valence-electron chi connectivity index (χ3n) is 4.53. The normalized spacial score (nSPS) is 11.3. The second-order valence-corrected chi connectivity index (χ2v) is 7.99. The molecule has 0 aliphatic rings. The lowest BCUT2D eigenvalue weighted by Gasteiger charge is -2.13. The smallest absolute Gasteiger partial charge is 0.263 e. The first kappa shape index (κ1) is 19.6. The van der Waals surface area contributed by atoms with Gasteiger partial charge in [0.15, 0.2) is 0 Å². The first-order valence-corrected chi connectivity index (χ1v) is 10.4. The maximum Gasteiger partial charge on any atom is 0.263 e. The number of fused-ring (bicyclic) bond motifs is 1. The van der Waals surface area contributed by atoms with Gasteiger partial charge < -0.3 is 9.47 Å². The van der Waals surface area contributed by atoms with E-state index in [9.17, 15) is 8.42 Å². The molecule has 0 fully saturated rings. The maximum absolute atomic E-state index is 12.8. The second-order valence-electron chi connectivity index (χ2n) is 6.31. The van der Waals surface area contributed by atoms with Crippen LogP contribution in [0.3, 0.4) is 0 Å². The summed E-state index contributed by atoms with van der Waals surface area (Å²) < 4.78 is 38.7. The number of hydrogen-bond donors (Lipinski definition) is 1. The molecule has 9 heteroatoms. The first-order chi connectivity index (χ1) is 14.5. The minimum absolute atomic E-state index is 0.118. The molecule has 0 saturated heterocycles. The fraction of sp³-hybridized carbons (Fsp3) is 0.0952. The van der Waals surface area contributed by atoms with Gasteiger partial charge in [0.25, 0.3) is 10.0 Å². The summed E-state index contributed by atoms with van der Waals surface area (Å²) in [6, 6.07) is 13.6. The third-order valence-corrected chi connectivity index (χ3v) is 5.88. The number of rotatable bonds is 6. The van der Waals surface area contributed by atoms with Gasteiger partial charge in [-0.3, -0.25) is 9.71 Å². The van der Waals surface area contributed by atoms with Crippen molar-refractivity contribution in [1.82, 2.24) is 15.0 Å². The molecule has 4 rings (SSSR count). The van der Waals surface area contributed by atoms with E-state index in [2.05, 4.69) is 19.7 Å². The standard InChI is InChI=1S/C21H18N4O4S/c1-28-15-3-5-18(19(12-15)29-2)21-17-6-4-16(11-14(17)7-10-23-21)30(26,27)25-20-8-9-22-13-24-20/h3-13H,1-2H3,(H,22,24,25). The fourth-order valence-electron chi connectivity index (χ4n) is 3.08. The van der Waals surface area contributed by atoms with Crippen LogP contribution in [-0.4, -0.2) is 37.6 Å². The van der Waals surface area contributed by atoms with Gasteiger partial charge in [-0.2, -0.15) is 0 Å². The Balaban J connectivity index is 1.78. The number of sulfonamides is 1. The number of nitrogens with zero attached hydrogens (tertiary/aromatic N) is 3. The highest BCUT2D eigenvalue weighted by Crippen LogP contribution is 2.36. The molecule has 2 heterocycles. The number of ether oxygens (including phenoxy) is 2. The lowest BCUT2D eigenvalue weighted by Crippen LogP contribution is -2.13. The van der Waals surface area contributed by atoms with Gasteiger partial charge in [0.05, 0.1) is 24.8 Å². The lowest BCUT2D eigenvalue weighted by molar-refractivity contribution is 0.395. The molecule has 0 bridgehead atoms. The van der Waals surface area contributed by atoms with Crippen molar-refractivity contribution in [3.05, 3.63) is 67.3 Å². The van der Waals surface area contributed by atoms with Crippen LogP contribution < -0.4 is 14.2 Å². The van der Waals surface area contributed by atoms with E-state index in [1.54, 1.807) is 44.7 Å². The Morgan fingerprint density at radius 2 is 1.77 bits per heavy atom. The van der Waals surface area contributed by atoms with Gasteiger partial charge in [0, 0.05) is 29.4 Å². The van der Waals surface area contributed by atoms with E-state index < -0.39 is 10.0 Å². The largest absolute Gasteiger partial charge is 0.497 e.